The van der Waals surface area contributed by atoms with Crippen LogP contribution in [-0.2, 0) is 16.0 Å². The molecule has 0 saturated heterocycles. The molecule has 0 bridgehead atoms. The maximum Gasteiger partial charge on any atom is 0.309 e. The molecule has 0 saturated carbocycles. The summed E-state index contributed by atoms with van der Waals surface area (Å²) in [6.45, 7) is 1.35. The Morgan fingerprint density at radius 2 is 1.41 bits per heavy atom. The van der Waals surface area contributed by atoms with Crippen LogP contribution < -0.4 is 19.5 Å². The summed E-state index contributed by atoms with van der Waals surface area (Å²) in [5.41, 5.74) is 4.97. The zero-order valence-electron chi connectivity index (χ0n) is 23.0. The molecule has 0 atom stereocenters. The molecular formula is C33H29N3O5. The second-order valence-electron chi connectivity index (χ2n) is 9.23. The summed E-state index contributed by atoms with van der Waals surface area (Å²) in [5, 5.41) is 7.85. The van der Waals surface area contributed by atoms with Crippen molar-refractivity contribution in [1.82, 2.24) is 9.78 Å². The first kappa shape index (κ1) is 27.2. The van der Waals surface area contributed by atoms with Gasteiger partial charge in [0.05, 0.1) is 31.9 Å². The minimum atomic E-state index is -0.480. The van der Waals surface area contributed by atoms with E-state index in [0.29, 0.717) is 28.4 Å². The quantitative estimate of drug-likeness (QED) is 0.217. The van der Waals surface area contributed by atoms with Gasteiger partial charge < -0.3 is 19.5 Å². The summed E-state index contributed by atoms with van der Waals surface area (Å²) in [7, 11) is 3.15. The zero-order chi connectivity index (χ0) is 28.8. The molecule has 1 heterocycles. The van der Waals surface area contributed by atoms with E-state index in [4.69, 9.17) is 19.3 Å². The molecule has 0 unspecified atom stereocenters. The number of nitrogens with zero attached hydrogens (tertiary/aromatic N) is 2. The van der Waals surface area contributed by atoms with Gasteiger partial charge >= 0.3 is 5.97 Å². The summed E-state index contributed by atoms with van der Waals surface area (Å²) in [6.07, 6.45) is 0.270. The van der Waals surface area contributed by atoms with Gasteiger partial charge in [-0.05, 0) is 53.6 Å². The van der Waals surface area contributed by atoms with Gasteiger partial charge in [0.25, 0.3) is 0 Å². The highest BCUT2D eigenvalue weighted by molar-refractivity contribution is 5.93. The number of nitrogens with one attached hydrogen (secondary N) is 1. The predicted octanol–water partition coefficient (Wildman–Crippen LogP) is 6.33. The molecule has 1 aromatic heterocycles. The average Bonchev–Trinajstić information content (AvgIpc) is 3.36. The third kappa shape index (κ3) is 6.12. The smallest absolute Gasteiger partial charge is 0.309 e. The van der Waals surface area contributed by atoms with E-state index in [1.807, 2.05) is 97.1 Å². The average molecular weight is 548 g/mol. The highest BCUT2D eigenvalue weighted by Gasteiger charge is 2.25. The van der Waals surface area contributed by atoms with Crippen molar-refractivity contribution in [3.63, 3.8) is 0 Å². The lowest BCUT2D eigenvalue weighted by Gasteiger charge is -2.11. The van der Waals surface area contributed by atoms with Crippen molar-refractivity contribution in [1.29, 1.82) is 0 Å². The van der Waals surface area contributed by atoms with Gasteiger partial charge in [-0.2, -0.15) is 9.78 Å². The molecule has 0 spiro atoms. The van der Waals surface area contributed by atoms with Crippen LogP contribution >= 0.6 is 0 Å². The van der Waals surface area contributed by atoms with Crippen molar-refractivity contribution in [3.8, 4) is 45.5 Å². The van der Waals surface area contributed by atoms with Crippen molar-refractivity contribution in [2.45, 2.75) is 13.3 Å². The van der Waals surface area contributed by atoms with Gasteiger partial charge in [-0.1, -0.05) is 60.7 Å². The number of para-hydroxylation sites is 1. The molecule has 0 radical (unpaired) electrons. The Balaban J connectivity index is 1.59. The Morgan fingerprint density at radius 1 is 0.780 bits per heavy atom. The number of carbonyl (C=O) groups excluding carboxylic acids is 2. The Labute approximate surface area is 238 Å². The lowest BCUT2D eigenvalue weighted by atomic mass is 10.0. The number of rotatable bonds is 9. The second kappa shape index (κ2) is 12.2. The number of benzene rings is 4. The lowest BCUT2D eigenvalue weighted by Crippen LogP contribution is -2.14. The first-order valence-electron chi connectivity index (χ1n) is 13.0. The van der Waals surface area contributed by atoms with Crippen molar-refractivity contribution in [3.05, 3.63) is 109 Å². The number of hydrogen-bond donors (Lipinski definition) is 1. The van der Waals surface area contributed by atoms with Gasteiger partial charge in [0.2, 0.25) is 11.8 Å². The molecule has 1 N–H and O–H groups in total. The number of anilines is 1. The van der Waals surface area contributed by atoms with Crippen LogP contribution in [0.5, 0.6) is 17.4 Å². The molecule has 8 heteroatoms. The summed E-state index contributed by atoms with van der Waals surface area (Å²) >= 11 is 0. The monoisotopic (exact) mass is 547 g/mol. The van der Waals surface area contributed by atoms with Crippen molar-refractivity contribution >= 4 is 17.6 Å². The fourth-order valence-electron chi connectivity index (χ4n) is 4.53. The number of ether oxygens (including phenoxy) is 3. The molecule has 1 amide bonds. The van der Waals surface area contributed by atoms with Gasteiger partial charge in [-0.15, -0.1) is 0 Å². The maximum absolute atomic E-state index is 12.6. The minimum Gasteiger partial charge on any atom is -0.493 e. The van der Waals surface area contributed by atoms with Crippen LogP contribution in [0.1, 0.15) is 12.5 Å². The molecule has 0 fully saturated rings. The van der Waals surface area contributed by atoms with Gasteiger partial charge in [0.15, 0.2) is 11.5 Å². The van der Waals surface area contributed by atoms with E-state index in [1.165, 1.54) is 6.92 Å². The van der Waals surface area contributed by atoms with Gasteiger partial charge in [-0.3, -0.25) is 9.59 Å². The molecule has 8 nitrogen and oxygen atoms in total. The third-order valence-corrected chi connectivity index (χ3v) is 6.41. The van der Waals surface area contributed by atoms with E-state index in [2.05, 4.69) is 5.32 Å². The zero-order valence-corrected chi connectivity index (χ0v) is 23.0. The summed E-state index contributed by atoms with van der Waals surface area (Å²) in [4.78, 5) is 24.9. The number of carbonyl (C=O) groups is 2. The minimum absolute atomic E-state index is 0.118. The van der Waals surface area contributed by atoms with Gasteiger partial charge in [0.1, 0.15) is 5.69 Å². The maximum atomic E-state index is 12.6. The normalized spacial score (nSPS) is 10.6. The first-order chi connectivity index (χ1) is 20.0. The van der Waals surface area contributed by atoms with E-state index in [0.717, 1.165) is 22.4 Å². The Bertz CT molecular complexity index is 1660. The first-order valence-corrected chi connectivity index (χ1v) is 13.0. The molecule has 4 aromatic carbocycles. The Morgan fingerprint density at radius 3 is 2.05 bits per heavy atom. The SMILES string of the molecule is COc1ccc(-c2nn(-c3ccccc3)c(OC(C)=O)c2-c2ccc(NC(=O)Cc3ccccc3)cc2)cc1OC. The van der Waals surface area contributed by atoms with E-state index < -0.39 is 5.97 Å². The topological polar surface area (TPSA) is 91.7 Å². The van der Waals surface area contributed by atoms with Gasteiger partial charge in [0, 0.05) is 18.2 Å². The van der Waals surface area contributed by atoms with Crippen LogP contribution in [-0.4, -0.2) is 35.9 Å². The second-order valence-corrected chi connectivity index (χ2v) is 9.23. The summed E-state index contributed by atoms with van der Waals surface area (Å²) in [5.74, 6) is 0.792. The van der Waals surface area contributed by atoms with Crippen molar-refractivity contribution < 1.29 is 23.8 Å². The molecule has 41 heavy (non-hydrogen) atoms. The third-order valence-electron chi connectivity index (χ3n) is 6.41. The molecular weight excluding hydrogens is 518 g/mol. The van der Waals surface area contributed by atoms with E-state index >= 15 is 0 Å². The van der Waals surface area contributed by atoms with Gasteiger partial charge in [-0.25, -0.2) is 0 Å². The van der Waals surface area contributed by atoms with Crippen LogP contribution in [0.2, 0.25) is 0 Å². The predicted molar refractivity (Wildman–Crippen MR) is 158 cm³/mol. The fraction of sp³-hybridized carbons (Fsp3) is 0.121. The van der Waals surface area contributed by atoms with E-state index in [9.17, 15) is 9.59 Å². The van der Waals surface area contributed by atoms with Crippen LogP contribution in [0.25, 0.3) is 28.1 Å². The highest BCUT2D eigenvalue weighted by Crippen LogP contribution is 2.43. The number of esters is 1. The molecule has 5 rings (SSSR count). The van der Waals surface area contributed by atoms with E-state index in [-0.39, 0.29) is 18.2 Å². The van der Waals surface area contributed by atoms with Crippen LogP contribution in [0, 0.1) is 0 Å². The standard InChI is InChI=1S/C33H29N3O5/c1-22(37)41-33-31(24-14-17-26(18-15-24)34-30(38)20-23-10-6-4-7-11-23)32(35-36(33)27-12-8-5-9-13-27)25-16-19-28(39-2)29(21-25)40-3/h4-19,21H,20H2,1-3H3,(H,34,38). The number of amides is 1. The largest absolute Gasteiger partial charge is 0.493 e. The molecule has 0 aliphatic carbocycles. The molecule has 5 aromatic rings. The Kier molecular flexibility index (Phi) is 8.10. The number of methoxy groups -OCH3 is 2. The van der Waals surface area contributed by atoms with Crippen molar-refractivity contribution in [2.75, 3.05) is 19.5 Å². The number of aromatic nitrogens is 2. The highest BCUT2D eigenvalue weighted by atomic mass is 16.5. The summed E-state index contributed by atoms with van der Waals surface area (Å²) < 4.78 is 18.4. The van der Waals surface area contributed by atoms with Crippen LogP contribution in [0.4, 0.5) is 5.69 Å². The van der Waals surface area contributed by atoms with Crippen molar-refractivity contribution in [2.24, 2.45) is 0 Å². The molecule has 206 valence electrons. The van der Waals surface area contributed by atoms with E-state index in [1.54, 1.807) is 25.0 Å². The molecule has 0 aliphatic heterocycles. The van der Waals surface area contributed by atoms with Crippen LogP contribution in [0.15, 0.2) is 103 Å². The summed E-state index contributed by atoms with van der Waals surface area (Å²) in [6, 6.07) is 31.9. The fourth-order valence-corrected chi connectivity index (χ4v) is 4.53. The van der Waals surface area contributed by atoms with Crippen LogP contribution in [0.3, 0.4) is 0 Å². The number of hydrogen-bond acceptors (Lipinski definition) is 6. The molecule has 0 aliphatic rings. The Hall–Kier alpha value is -5.37. The lowest BCUT2D eigenvalue weighted by molar-refractivity contribution is -0.132.